The Morgan fingerprint density at radius 2 is 0.566 bits per heavy atom. The van der Waals surface area contributed by atoms with Gasteiger partial charge in [-0.2, -0.15) is 0 Å². The second-order valence-electron chi connectivity index (χ2n) is 17.6. The maximum absolute atomic E-state index is 6.03. The summed E-state index contributed by atoms with van der Waals surface area (Å²) in [6.45, 7) is 7.91. The summed E-state index contributed by atoms with van der Waals surface area (Å²) < 4.78 is 6.03. The van der Waals surface area contributed by atoms with E-state index in [0.29, 0.717) is 0 Å². The molecule has 2 rings (SSSR count). The third kappa shape index (κ3) is 21.2. The molecule has 7 nitrogen and oxygen atoms in total. The fourth-order valence-electron chi connectivity index (χ4n) is 7.75. The number of unbranched alkanes of at least 4 members (excludes halogenated alkanes) is 10. The molecule has 2 aromatic rings. The smallest absolute Gasteiger partial charge is 0.0466 e. The van der Waals surface area contributed by atoms with E-state index >= 15 is 0 Å². The summed E-state index contributed by atoms with van der Waals surface area (Å²) >= 11 is 0. The van der Waals surface area contributed by atoms with Crippen LogP contribution in [0.1, 0.15) is 122 Å². The Balaban J connectivity index is 1.62. The van der Waals surface area contributed by atoms with Crippen LogP contribution in [-0.2, 0) is 56.8 Å². The minimum atomic E-state index is 0.930. The maximum Gasteiger partial charge on any atom is 0.0466 e. The minimum absolute atomic E-state index is 0.930. The zero-order valence-corrected chi connectivity index (χ0v) is 37.0. The topological polar surface area (TPSA) is 28.7 Å². The molecule has 0 radical (unpaired) electrons. The van der Waals surface area contributed by atoms with Gasteiger partial charge in [0.05, 0.1) is 0 Å². The molecule has 53 heavy (non-hydrogen) atoms. The van der Waals surface area contributed by atoms with Crippen LogP contribution in [0.25, 0.3) is 0 Å². The number of ether oxygens (including phenoxy) is 1. The van der Waals surface area contributed by atoms with E-state index in [1.165, 1.54) is 123 Å². The lowest BCUT2D eigenvalue weighted by Crippen LogP contribution is -2.19. The van der Waals surface area contributed by atoms with Crippen molar-refractivity contribution in [2.24, 2.45) is 0 Å². The third-order valence-electron chi connectivity index (χ3n) is 9.86. The largest absolute Gasteiger partial charge is 0.381 e. The average molecular weight is 737 g/mol. The average Bonchev–Trinajstić information content (AvgIpc) is 3.02. The molecular formula is C46H84N6O. The summed E-state index contributed by atoms with van der Waals surface area (Å²) in [6.07, 6.45) is 17.9. The number of hydrogen-bond donors (Lipinski definition) is 0. The van der Waals surface area contributed by atoms with Gasteiger partial charge in [0.1, 0.15) is 0 Å². The molecule has 0 aliphatic carbocycles. The first-order chi connectivity index (χ1) is 25.2. The Morgan fingerprint density at radius 1 is 0.321 bits per heavy atom. The van der Waals surface area contributed by atoms with E-state index in [0.717, 1.165) is 52.5 Å². The van der Waals surface area contributed by atoms with Gasteiger partial charge in [0, 0.05) is 52.5 Å². The minimum Gasteiger partial charge on any atom is -0.381 e. The zero-order valence-electron chi connectivity index (χ0n) is 37.0. The molecule has 0 saturated carbocycles. The molecule has 0 aliphatic heterocycles. The van der Waals surface area contributed by atoms with Gasteiger partial charge in [-0.3, -0.25) is 0 Å². The highest BCUT2D eigenvalue weighted by Crippen LogP contribution is 2.26. The molecule has 304 valence electrons. The van der Waals surface area contributed by atoms with Crippen LogP contribution in [-0.4, -0.2) is 127 Å². The Bertz CT molecular complexity index is 1100. The number of hydrogen-bond acceptors (Lipinski definition) is 7. The number of rotatable bonds is 30. The van der Waals surface area contributed by atoms with E-state index in [4.69, 9.17) is 4.74 Å². The summed E-state index contributed by atoms with van der Waals surface area (Å²) in [4.78, 5) is 13.8. The predicted octanol–water partition coefficient (Wildman–Crippen LogP) is 8.54. The van der Waals surface area contributed by atoms with Crippen molar-refractivity contribution in [3.63, 3.8) is 0 Å². The molecule has 0 atom stereocenters. The van der Waals surface area contributed by atoms with Crippen LogP contribution in [0.3, 0.4) is 0 Å². The molecule has 0 N–H and O–H groups in total. The van der Waals surface area contributed by atoms with Crippen LogP contribution < -0.4 is 0 Å². The Labute approximate surface area is 329 Å². The Hall–Kier alpha value is -1.84. The second-order valence-corrected chi connectivity index (χ2v) is 17.6. The van der Waals surface area contributed by atoms with Gasteiger partial charge in [0.15, 0.2) is 0 Å². The zero-order chi connectivity index (χ0) is 39.2. The summed E-state index contributed by atoms with van der Waals surface area (Å²) in [6, 6.07) is 9.86. The molecule has 0 heterocycles. The van der Waals surface area contributed by atoms with Crippen molar-refractivity contribution in [1.29, 1.82) is 0 Å². The monoisotopic (exact) mass is 737 g/mol. The van der Waals surface area contributed by atoms with E-state index in [-0.39, 0.29) is 0 Å². The predicted molar refractivity (Wildman–Crippen MR) is 231 cm³/mol. The molecule has 0 saturated heterocycles. The highest BCUT2D eigenvalue weighted by Gasteiger charge is 2.15. The molecule has 2 aromatic carbocycles. The van der Waals surface area contributed by atoms with Crippen molar-refractivity contribution in [2.75, 3.05) is 97.8 Å². The SMILES string of the molecule is CN(C)Cc1cc(CN(C)C)c(CCCCCCCCOCCCCCCCCc2c(CN(C)C)cc(CN(C)C)cc2CN(C)C)c(CN(C)C)c1. The van der Waals surface area contributed by atoms with Crippen LogP contribution in [0.4, 0.5) is 0 Å². The number of benzene rings is 2. The molecule has 7 heteroatoms. The molecule has 0 aromatic heterocycles. The van der Waals surface area contributed by atoms with Crippen molar-refractivity contribution in [1.82, 2.24) is 29.4 Å². The van der Waals surface area contributed by atoms with Gasteiger partial charge >= 0.3 is 0 Å². The van der Waals surface area contributed by atoms with Gasteiger partial charge in [0.25, 0.3) is 0 Å². The molecule has 0 unspecified atom stereocenters. The molecule has 0 fully saturated rings. The summed E-state index contributed by atoms with van der Waals surface area (Å²) in [7, 11) is 26.2. The fraction of sp³-hybridized carbons (Fsp3) is 0.739. The van der Waals surface area contributed by atoms with Crippen LogP contribution >= 0.6 is 0 Å². The third-order valence-corrected chi connectivity index (χ3v) is 9.86. The van der Waals surface area contributed by atoms with Gasteiger partial charge < -0.3 is 34.1 Å². The van der Waals surface area contributed by atoms with Crippen LogP contribution in [0, 0.1) is 0 Å². The van der Waals surface area contributed by atoms with Crippen LogP contribution in [0.15, 0.2) is 24.3 Å². The van der Waals surface area contributed by atoms with Crippen molar-refractivity contribution in [2.45, 2.75) is 129 Å². The molecule has 0 spiro atoms. The lowest BCUT2D eigenvalue weighted by atomic mass is 9.92. The van der Waals surface area contributed by atoms with Crippen molar-refractivity contribution < 1.29 is 4.74 Å². The molecule has 0 aliphatic rings. The molecular weight excluding hydrogens is 653 g/mol. The van der Waals surface area contributed by atoms with Crippen LogP contribution in [0.5, 0.6) is 0 Å². The van der Waals surface area contributed by atoms with Gasteiger partial charge in [-0.1, -0.05) is 75.6 Å². The standard InChI is InChI=1S/C46H84N6O/c1-47(2)33-39-29-41(35-49(5)6)45(42(30-39)36-50(7)8)25-21-17-13-15-19-23-27-53-28-24-20-16-14-18-22-26-46-43(37-51(9)10)31-40(34-48(3)4)32-44(46)38-52(11)12/h29-32H,13-28,33-38H2,1-12H3. The van der Waals surface area contributed by atoms with E-state index in [1.807, 2.05) is 0 Å². The lowest BCUT2D eigenvalue weighted by Gasteiger charge is -2.23. The van der Waals surface area contributed by atoms with E-state index < -0.39 is 0 Å². The normalized spacial score (nSPS) is 12.3. The van der Waals surface area contributed by atoms with Gasteiger partial charge in [-0.05, 0) is 168 Å². The van der Waals surface area contributed by atoms with Crippen molar-refractivity contribution >= 4 is 0 Å². The summed E-state index contributed by atoms with van der Waals surface area (Å²) in [5.41, 5.74) is 12.1. The summed E-state index contributed by atoms with van der Waals surface area (Å²) in [5.74, 6) is 0. The lowest BCUT2D eigenvalue weighted by molar-refractivity contribution is 0.125. The van der Waals surface area contributed by atoms with Gasteiger partial charge in [-0.25, -0.2) is 0 Å². The highest BCUT2D eigenvalue weighted by molar-refractivity contribution is 5.41. The molecule has 0 amide bonds. The van der Waals surface area contributed by atoms with Crippen molar-refractivity contribution in [3.05, 3.63) is 68.8 Å². The van der Waals surface area contributed by atoms with Gasteiger partial charge in [0.2, 0.25) is 0 Å². The Kier molecular flexibility index (Phi) is 24.0. The molecule has 0 bridgehead atoms. The summed E-state index contributed by atoms with van der Waals surface area (Å²) in [5, 5.41) is 0. The fourth-order valence-corrected chi connectivity index (χ4v) is 7.75. The first-order valence-electron chi connectivity index (χ1n) is 21.0. The van der Waals surface area contributed by atoms with E-state index in [9.17, 15) is 0 Å². The van der Waals surface area contributed by atoms with Crippen LogP contribution in [0.2, 0.25) is 0 Å². The van der Waals surface area contributed by atoms with E-state index in [2.05, 4.69) is 138 Å². The number of nitrogens with zero attached hydrogens (tertiary/aromatic N) is 6. The highest BCUT2D eigenvalue weighted by atomic mass is 16.5. The first kappa shape index (κ1) is 47.3. The second kappa shape index (κ2) is 26.9. The van der Waals surface area contributed by atoms with Gasteiger partial charge in [-0.15, -0.1) is 0 Å². The quantitative estimate of drug-likeness (QED) is 0.0743. The van der Waals surface area contributed by atoms with Crippen molar-refractivity contribution in [3.8, 4) is 0 Å². The van der Waals surface area contributed by atoms with E-state index in [1.54, 1.807) is 11.1 Å². The Morgan fingerprint density at radius 3 is 0.830 bits per heavy atom. The first-order valence-corrected chi connectivity index (χ1v) is 21.0. The maximum atomic E-state index is 6.03.